The highest BCUT2D eigenvalue weighted by Gasteiger charge is 2.16. The van der Waals surface area contributed by atoms with Crippen molar-refractivity contribution in [3.05, 3.63) is 40.6 Å². The number of halogens is 1. The second kappa shape index (κ2) is 6.55. The molecule has 0 aliphatic heterocycles. The number of benzene rings is 1. The lowest BCUT2D eigenvalue weighted by Gasteiger charge is -2.09. The number of hydroxylamine groups is 1. The monoisotopic (exact) mass is 376 g/mol. The highest BCUT2D eigenvalue weighted by Crippen LogP contribution is 2.30. The van der Waals surface area contributed by atoms with Gasteiger partial charge in [-0.1, -0.05) is 37.6 Å². The van der Waals surface area contributed by atoms with Gasteiger partial charge in [-0.2, -0.15) is 0 Å². The van der Waals surface area contributed by atoms with Crippen molar-refractivity contribution in [1.82, 2.24) is 14.9 Å². The zero-order valence-electron chi connectivity index (χ0n) is 12.6. The molecule has 0 atom stereocenters. The van der Waals surface area contributed by atoms with Crippen molar-refractivity contribution in [2.24, 2.45) is 0 Å². The molecule has 6 nitrogen and oxygen atoms in total. The maximum atomic E-state index is 11.3. The molecule has 0 spiro atoms. The third-order valence-corrected chi connectivity index (χ3v) is 4.47. The maximum absolute atomic E-state index is 11.3. The van der Waals surface area contributed by atoms with Crippen LogP contribution in [0.25, 0.3) is 16.4 Å². The summed E-state index contributed by atoms with van der Waals surface area (Å²) in [6, 6.07) is 10.1. The van der Waals surface area contributed by atoms with Gasteiger partial charge >= 0.3 is 0 Å². The lowest BCUT2D eigenvalue weighted by atomic mass is 10.2. The van der Waals surface area contributed by atoms with E-state index in [0.29, 0.717) is 5.82 Å². The van der Waals surface area contributed by atoms with Gasteiger partial charge in [-0.15, -0.1) is 0 Å². The number of nitrogens with one attached hydrogen (secondary N) is 2. The standard InChI is InChI=1S/C16H17BrN4O2/c1-2-5-12-16(18-9-14(22)20-23)19-13-8-10-6-3-4-7-11(10)15(17)21(12)13/h3-4,6-8,18,23H,2,5,9H2,1H3,(H,20,22). The molecule has 2 aromatic heterocycles. The fourth-order valence-electron chi connectivity index (χ4n) is 2.67. The fourth-order valence-corrected chi connectivity index (χ4v) is 3.43. The maximum Gasteiger partial charge on any atom is 0.262 e. The van der Waals surface area contributed by atoms with Crippen molar-refractivity contribution in [3.63, 3.8) is 0 Å². The zero-order chi connectivity index (χ0) is 16.4. The van der Waals surface area contributed by atoms with Gasteiger partial charge in [0.25, 0.3) is 5.91 Å². The molecular weight excluding hydrogens is 360 g/mol. The molecule has 0 saturated heterocycles. The summed E-state index contributed by atoms with van der Waals surface area (Å²) in [5.74, 6) is 0.153. The van der Waals surface area contributed by atoms with Crippen LogP contribution in [-0.2, 0) is 11.2 Å². The van der Waals surface area contributed by atoms with Gasteiger partial charge in [0.1, 0.15) is 11.5 Å². The van der Waals surface area contributed by atoms with Gasteiger partial charge in [-0.05, 0) is 33.8 Å². The summed E-state index contributed by atoms with van der Waals surface area (Å²) in [6.07, 6.45) is 1.77. The van der Waals surface area contributed by atoms with Gasteiger partial charge in [0, 0.05) is 5.39 Å². The second-order valence-electron chi connectivity index (χ2n) is 5.26. The van der Waals surface area contributed by atoms with Crippen molar-refractivity contribution in [3.8, 4) is 0 Å². The Bertz CT molecular complexity index is 875. The number of hydrogen-bond acceptors (Lipinski definition) is 4. The average molecular weight is 377 g/mol. The first-order chi connectivity index (χ1) is 11.2. The largest absolute Gasteiger partial charge is 0.359 e. The lowest BCUT2D eigenvalue weighted by Crippen LogP contribution is -2.27. The number of carbonyl (C=O) groups excluding carboxylic acids is 1. The van der Waals surface area contributed by atoms with Gasteiger partial charge in [0.2, 0.25) is 0 Å². The van der Waals surface area contributed by atoms with E-state index in [1.165, 1.54) is 0 Å². The van der Waals surface area contributed by atoms with Gasteiger partial charge in [0.15, 0.2) is 0 Å². The van der Waals surface area contributed by atoms with Crippen molar-refractivity contribution >= 4 is 44.1 Å². The normalized spacial score (nSPS) is 11.1. The topological polar surface area (TPSA) is 78.7 Å². The number of imidazole rings is 1. The van der Waals surface area contributed by atoms with Crippen LogP contribution in [0.15, 0.2) is 34.9 Å². The van der Waals surface area contributed by atoms with Crippen LogP contribution < -0.4 is 10.8 Å². The molecule has 0 unspecified atom stereocenters. The number of amides is 1. The molecule has 1 amide bonds. The Balaban J connectivity index is 2.16. The molecule has 0 fully saturated rings. The first-order valence-electron chi connectivity index (χ1n) is 7.41. The Kier molecular flexibility index (Phi) is 4.49. The SMILES string of the molecule is CCCc1c(NCC(=O)NO)nc2cc3ccccc3c(Br)n12. The van der Waals surface area contributed by atoms with Crippen molar-refractivity contribution in [2.75, 3.05) is 11.9 Å². The number of aromatic nitrogens is 2. The molecule has 0 radical (unpaired) electrons. The Labute approximate surface area is 141 Å². The number of pyridine rings is 1. The molecule has 23 heavy (non-hydrogen) atoms. The summed E-state index contributed by atoms with van der Waals surface area (Å²) >= 11 is 3.69. The van der Waals surface area contributed by atoms with E-state index in [9.17, 15) is 4.79 Å². The van der Waals surface area contributed by atoms with E-state index in [1.807, 2.05) is 24.3 Å². The van der Waals surface area contributed by atoms with Gasteiger partial charge in [0.05, 0.1) is 16.8 Å². The Morgan fingerprint density at radius 2 is 2.17 bits per heavy atom. The van der Waals surface area contributed by atoms with Gasteiger partial charge in [-0.25, -0.2) is 10.5 Å². The summed E-state index contributed by atoms with van der Waals surface area (Å²) in [5, 5.41) is 13.8. The third kappa shape index (κ3) is 2.89. The number of fused-ring (bicyclic) bond motifs is 2. The number of carbonyl (C=O) groups is 1. The van der Waals surface area contributed by atoms with Crippen LogP contribution in [0.5, 0.6) is 0 Å². The molecule has 3 rings (SSSR count). The molecule has 3 N–H and O–H groups in total. The van der Waals surface area contributed by atoms with E-state index in [2.05, 4.69) is 43.6 Å². The minimum atomic E-state index is -0.506. The molecule has 120 valence electrons. The lowest BCUT2D eigenvalue weighted by molar-refractivity contribution is -0.127. The molecule has 0 bridgehead atoms. The summed E-state index contributed by atoms with van der Waals surface area (Å²) in [4.78, 5) is 15.9. The molecule has 0 aliphatic rings. The van der Waals surface area contributed by atoms with E-state index in [0.717, 1.165) is 39.6 Å². The van der Waals surface area contributed by atoms with E-state index in [4.69, 9.17) is 5.21 Å². The molecule has 2 heterocycles. The van der Waals surface area contributed by atoms with E-state index in [1.54, 1.807) is 5.48 Å². The Hall–Kier alpha value is -2.12. The number of anilines is 1. The molecule has 0 aliphatic carbocycles. The predicted molar refractivity (Wildman–Crippen MR) is 92.8 cm³/mol. The smallest absolute Gasteiger partial charge is 0.262 e. The van der Waals surface area contributed by atoms with Crippen molar-refractivity contribution < 1.29 is 10.0 Å². The predicted octanol–water partition coefficient (Wildman–Crippen LogP) is 3.12. The minimum absolute atomic E-state index is 0.0335. The summed E-state index contributed by atoms with van der Waals surface area (Å²) in [6.45, 7) is 2.06. The molecular formula is C16H17BrN4O2. The van der Waals surface area contributed by atoms with Crippen LogP contribution in [0.4, 0.5) is 5.82 Å². The number of nitrogens with zero attached hydrogens (tertiary/aromatic N) is 2. The zero-order valence-corrected chi connectivity index (χ0v) is 14.2. The highest BCUT2D eigenvalue weighted by molar-refractivity contribution is 9.10. The van der Waals surface area contributed by atoms with Crippen LogP contribution in [-0.4, -0.2) is 27.0 Å². The summed E-state index contributed by atoms with van der Waals surface area (Å²) < 4.78 is 3.01. The van der Waals surface area contributed by atoms with E-state index in [-0.39, 0.29) is 6.54 Å². The molecule has 7 heteroatoms. The van der Waals surface area contributed by atoms with E-state index >= 15 is 0 Å². The van der Waals surface area contributed by atoms with Crippen LogP contribution >= 0.6 is 15.9 Å². The molecule has 0 saturated carbocycles. The molecule has 3 aromatic rings. The average Bonchev–Trinajstić information content (AvgIpc) is 2.91. The van der Waals surface area contributed by atoms with Crippen LogP contribution in [0.3, 0.4) is 0 Å². The number of hydrogen-bond donors (Lipinski definition) is 3. The van der Waals surface area contributed by atoms with Crippen molar-refractivity contribution in [2.45, 2.75) is 19.8 Å². The fraction of sp³-hybridized carbons (Fsp3) is 0.250. The summed E-state index contributed by atoms with van der Waals surface area (Å²) in [7, 11) is 0. The quantitative estimate of drug-likeness (QED) is 0.363. The minimum Gasteiger partial charge on any atom is -0.359 e. The van der Waals surface area contributed by atoms with Gasteiger partial charge in [-0.3, -0.25) is 14.4 Å². The van der Waals surface area contributed by atoms with Crippen LogP contribution in [0, 0.1) is 0 Å². The Morgan fingerprint density at radius 3 is 2.91 bits per heavy atom. The summed E-state index contributed by atoms with van der Waals surface area (Å²) in [5.41, 5.74) is 3.43. The molecule has 1 aromatic carbocycles. The highest BCUT2D eigenvalue weighted by atomic mass is 79.9. The Morgan fingerprint density at radius 1 is 1.39 bits per heavy atom. The van der Waals surface area contributed by atoms with Crippen LogP contribution in [0.2, 0.25) is 0 Å². The number of aryl methyl sites for hydroxylation is 1. The van der Waals surface area contributed by atoms with E-state index < -0.39 is 5.91 Å². The third-order valence-electron chi connectivity index (χ3n) is 3.69. The van der Waals surface area contributed by atoms with Gasteiger partial charge < -0.3 is 5.32 Å². The van der Waals surface area contributed by atoms with Crippen molar-refractivity contribution in [1.29, 1.82) is 0 Å². The first-order valence-corrected chi connectivity index (χ1v) is 8.20. The number of rotatable bonds is 5. The second-order valence-corrected chi connectivity index (χ2v) is 6.01. The van der Waals surface area contributed by atoms with Crippen LogP contribution in [0.1, 0.15) is 19.0 Å². The first kappa shape index (κ1) is 15.8.